The quantitative estimate of drug-likeness (QED) is 0.831. The molecular weight excluding hydrogens is 276 g/mol. The lowest BCUT2D eigenvalue weighted by atomic mass is 9.57. The average Bonchev–Trinajstić information content (AvgIpc) is 2.82. The standard InChI is InChI=1S/C19H24O3/c1-19-8-7-12-13(15(19)5-6-18(19)21)4-3-11-9-16(20)17(22-2)10-14(11)12/h3-4,9-10,12-13,15,18,20-21H,5-8H2,1-2H3/t12-,13+,15-,18-,19-/m0/s1. The lowest BCUT2D eigenvalue weighted by Gasteiger charge is -2.48. The number of methoxy groups -OCH3 is 1. The molecule has 1 aromatic rings. The third kappa shape index (κ3) is 1.78. The minimum Gasteiger partial charge on any atom is -0.504 e. The van der Waals surface area contributed by atoms with Crippen LogP contribution in [0.1, 0.15) is 49.7 Å². The van der Waals surface area contributed by atoms with Gasteiger partial charge in [0, 0.05) is 0 Å². The van der Waals surface area contributed by atoms with Crippen molar-refractivity contribution < 1.29 is 14.9 Å². The van der Waals surface area contributed by atoms with Crippen LogP contribution in [0.3, 0.4) is 0 Å². The zero-order chi connectivity index (χ0) is 15.5. The summed E-state index contributed by atoms with van der Waals surface area (Å²) in [5.41, 5.74) is 2.48. The minimum atomic E-state index is -0.150. The van der Waals surface area contributed by atoms with E-state index in [9.17, 15) is 10.2 Å². The molecule has 3 aliphatic rings. The molecule has 0 radical (unpaired) electrons. The number of aliphatic hydroxyl groups excluding tert-OH is 1. The van der Waals surface area contributed by atoms with Crippen LogP contribution in [-0.2, 0) is 0 Å². The predicted molar refractivity (Wildman–Crippen MR) is 86.0 cm³/mol. The van der Waals surface area contributed by atoms with E-state index in [1.165, 1.54) is 5.56 Å². The molecule has 1 aromatic carbocycles. The first kappa shape index (κ1) is 14.1. The van der Waals surface area contributed by atoms with E-state index in [0.717, 1.165) is 31.2 Å². The molecule has 0 spiro atoms. The van der Waals surface area contributed by atoms with E-state index in [1.54, 1.807) is 7.11 Å². The van der Waals surface area contributed by atoms with Gasteiger partial charge in [-0.1, -0.05) is 19.1 Å². The van der Waals surface area contributed by atoms with Gasteiger partial charge in [0.1, 0.15) is 0 Å². The number of rotatable bonds is 1. The highest BCUT2D eigenvalue weighted by molar-refractivity contribution is 5.64. The summed E-state index contributed by atoms with van der Waals surface area (Å²) >= 11 is 0. The van der Waals surface area contributed by atoms with Gasteiger partial charge in [0.2, 0.25) is 0 Å². The normalized spacial score (nSPS) is 39.0. The molecule has 2 fully saturated rings. The van der Waals surface area contributed by atoms with Gasteiger partial charge in [-0.25, -0.2) is 0 Å². The van der Waals surface area contributed by atoms with Crippen molar-refractivity contribution in [1.82, 2.24) is 0 Å². The Morgan fingerprint density at radius 1 is 1.23 bits per heavy atom. The molecule has 3 aliphatic carbocycles. The lowest BCUT2D eigenvalue weighted by molar-refractivity contribution is -0.00799. The highest BCUT2D eigenvalue weighted by Crippen LogP contribution is 2.60. The average molecular weight is 300 g/mol. The van der Waals surface area contributed by atoms with Gasteiger partial charge in [-0.15, -0.1) is 0 Å². The first-order valence-electron chi connectivity index (χ1n) is 8.32. The SMILES string of the molecule is COc1cc2c(cc1O)C=C[C@@H]1[C@@H]2CC[C@]2(C)[C@@H](O)CC[C@@H]12. The molecule has 2 N–H and O–H groups in total. The molecule has 4 rings (SSSR count). The molecule has 0 aromatic heterocycles. The molecular formula is C19H24O3. The molecule has 3 nitrogen and oxygen atoms in total. The Labute approximate surface area is 131 Å². The molecule has 22 heavy (non-hydrogen) atoms. The number of allylic oxidation sites excluding steroid dienone is 1. The molecule has 118 valence electrons. The highest BCUT2D eigenvalue weighted by Gasteiger charge is 2.53. The molecule has 0 bridgehead atoms. The number of hydrogen-bond donors (Lipinski definition) is 2. The number of fused-ring (bicyclic) bond motifs is 5. The predicted octanol–water partition coefficient (Wildman–Crippen LogP) is 3.70. The molecule has 3 heteroatoms. The third-order valence-electron chi connectivity index (χ3n) is 6.56. The molecule has 0 aliphatic heterocycles. The number of benzene rings is 1. The molecule has 0 heterocycles. The van der Waals surface area contributed by atoms with Crippen LogP contribution in [-0.4, -0.2) is 23.4 Å². The van der Waals surface area contributed by atoms with E-state index in [4.69, 9.17) is 4.74 Å². The van der Waals surface area contributed by atoms with Gasteiger partial charge in [0.15, 0.2) is 11.5 Å². The second kappa shape index (κ2) is 4.76. The third-order valence-corrected chi connectivity index (χ3v) is 6.56. The van der Waals surface area contributed by atoms with Gasteiger partial charge < -0.3 is 14.9 Å². The Morgan fingerprint density at radius 3 is 2.82 bits per heavy atom. The Bertz CT molecular complexity index is 636. The maximum absolute atomic E-state index is 10.4. The zero-order valence-corrected chi connectivity index (χ0v) is 13.2. The maximum atomic E-state index is 10.4. The van der Waals surface area contributed by atoms with E-state index in [-0.39, 0.29) is 17.3 Å². The van der Waals surface area contributed by atoms with Crippen LogP contribution in [0.2, 0.25) is 0 Å². The fourth-order valence-electron chi connectivity index (χ4n) is 5.24. The number of ether oxygens (including phenoxy) is 1. The summed E-state index contributed by atoms with van der Waals surface area (Å²) in [6, 6.07) is 3.83. The summed E-state index contributed by atoms with van der Waals surface area (Å²) in [6.07, 6.45) is 8.54. The van der Waals surface area contributed by atoms with Crippen molar-refractivity contribution in [2.45, 2.75) is 44.6 Å². The fraction of sp³-hybridized carbons (Fsp3) is 0.579. The highest BCUT2D eigenvalue weighted by atomic mass is 16.5. The smallest absolute Gasteiger partial charge is 0.160 e. The molecule has 0 saturated heterocycles. The molecule has 2 saturated carbocycles. The van der Waals surface area contributed by atoms with E-state index < -0.39 is 0 Å². The second-order valence-corrected chi connectivity index (χ2v) is 7.44. The van der Waals surface area contributed by atoms with Crippen LogP contribution in [0.5, 0.6) is 11.5 Å². The lowest BCUT2D eigenvalue weighted by Crippen LogP contribution is -2.42. The summed E-state index contributed by atoms with van der Waals surface area (Å²) in [6.45, 7) is 2.27. The minimum absolute atomic E-state index is 0.0734. The number of phenols is 1. The van der Waals surface area contributed by atoms with Crippen molar-refractivity contribution in [3.63, 3.8) is 0 Å². The first-order chi connectivity index (χ1) is 10.5. The second-order valence-electron chi connectivity index (χ2n) is 7.44. The number of phenolic OH excluding ortho intramolecular Hbond substituents is 1. The van der Waals surface area contributed by atoms with Gasteiger partial charge in [0.25, 0.3) is 0 Å². The molecule has 5 atom stereocenters. The van der Waals surface area contributed by atoms with E-state index >= 15 is 0 Å². The van der Waals surface area contributed by atoms with Gasteiger partial charge in [0.05, 0.1) is 13.2 Å². The van der Waals surface area contributed by atoms with E-state index in [2.05, 4.69) is 19.1 Å². The van der Waals surface area contributed by atoms with E-state index in [1.807, 2.05) is 12.1 Å². The Balaban J connectivity index is 1.76. The van der Waals surface area contributed by atoms with Crippen LogP contribution in [0.25, 0.3) is 6.08 Å². The largest absolute Gasteiger partial charge is 0.504 e. The van der Waals surface area contributed by atoms with Crippen LogP contribution in [0, 0.1) is 17.3 Å². The summed E-state index contributed by atoms with van der Waals surface area (Å²) in [5, 5.41) is 20.4. The van der Waals surface area contributed by atoms with Crippen molar-refractivity contribution in [1.29, 1.82) is 0 Å². The first-order valence-corrected chi connectivity index (χ1v) is 8.32. The summed E-state index contributed by atoms with van der Waals surface area (Å²) in [7, 11) is 1.60. The van der Waals surface area contributed by atoms with Gasteiger partial charge >= 0.3 is 0 Å². The summed E-state index contributed by atoms with van der Waals surface area (Å²) in [5.74, 6) is 2.31. The van der Waals surface area contributed by atoms with Crippen LogP contribution in [0.4, 0.5) is 0 Å². The van der Waals surface area contributed by atoms with Gasteiger partial charge in [-0.05, 0) is 72.1 Å². The number of aliphatic hydroxyl groups is 1. The van der Waals surface area contributed by atoms with Gasteiger partial charge in [-0.3, -0.25) is 0 Å². The van der Waals surface area contributed by atoms with Crippen molar-refractivity contribution >= 4 is 6.08 Å². The van der Waals surface area contributed by atoms with Crippen LogP contribution in [0.15, 0.2) is 18.2 Å². The van der Waals surface area contributed by atoms with Crippen molar-refractivity contribution in [2.24, 2.45) is 17.3 Å². The van der Waals surface area contributed by atoms with Crippen LogP contribution < -0.4 is 4.74 Å². The summed E-state index contributed by atoms with van der Waals surface area (Å²) < 4.78 is 5.30. The van der Waals surface area contributed by atoms with Gasteiger partial charge in [-0.2, -0.15) is 0 Å². The Morgan fingerprint density at radius 2 is 2.05 bits per heavy atom. The molecule has 0 unspecified atom stereocenters. The van der Waals surface area contributed by atoms with Crippen LogP contribution >= 0.6 is 0 Å². The Kier molecular flexibility index (Phi) is 3.06. The number of hydrogen-bond acceptors (Lipinski definition) is 3. The monoisotopic (exact) mass is 300 g/mol. The topological polar surface area (TPSA) is 49.7 Å². The number of aromatic hydroxyl groups is 1. The maximum Gasteiger partial charge on any atom is 0.160 e. The van der Waals surface area contributed by atoms with E-state index in [0.29, 0.717) is 23.5 Å². The molecule has 0 amide bonds. The van der Waals surface area contributed by atoms with Crippen molar-refractivity contribution in [2.75, 3.05) is 7.11 Å². The summed E-state index contributed by atoms with van der Waals surface area (Å²) in [4.78, 5) is 0. The Hall–Kier alpha value is -1.48. The zero-order valence-electron chi connectivity index (χ0n) is 13.2. The van der Waals surface area contributed by atoms with Crippen molar-refractivity contribution in [3.8, 4) is 11.5 Å². The van der Waals surface area contributed by atoms with Crippen molar-refractivity contribution in [3.05, 3.63) is 29.3 Å². The fourth-order valence-corrected chi connectivity index (χ4v) is 5.24.